The number of amides is 2. The highest BCUT2D eigenvalue weighted by Crippen LogP contribution is 2.39. The second-order valence-corrected chi connectivity index (χ2v) is 11.9. The fraction of sp³-hybridized carbons (Fsp3) is 0.0270. The molecule has 2 amide bonds. The molecule has 5 aromatic rings. The minimum absolute atomic E-state index is 0.119. The Labute approximate surface area is 277 Å². The first kappa shape index (κ1) is 31.6. The van der Waals surface area contributed by atoms with Crippen LogP contribution in [0, 0.1) is 0 Å². The van der Waals surface area contributed by atoms with Gasteiger partial charge in [0.1, 0.15) is 5.25 Å². The second-order valence-electron chi connectivity index (χ2n) is 10.7. The van der Waals surface area contributed by atoms with Crippen molar-refractivity contribution >= 4 is 58.5 Å². The second kappa shape index (κ2) is 13.2. The Balaban J connectivity index is 1.27. The first-order valence-corrected chi connectivity index (χ1v) is 15.4. The van der Waals surface area contributed by atoms with Crippen molar-refractivity contribution in [1.29, 1.82) is 0 Å². The number of nitrogens with one attached hydrogen (secondary N) is 2. The molecule has 0 heterocycles. The molecule has 6 rings (SSSR count). The Morgan fingerprint density at radius 2 is 1.27 bits per heavy atom. The van der Waals surface area contributed by atoms with Crippen LogP contribution in [-0.4, -0.2) is 45.5 Å². The summed E-state index contributed by atoms with van der Waals surface area (Å²) in [5.74, 6) is -4.69. The van der Waals surface area contributed by atoms with Gasteiger partial charge in [0.2, 0.25) is 5.91 Å². The molecule has 1 atom stereocenters. The normalized spacial score (nSPS) is 12.3. The predicted molar refractivity (Wildman–Crippen MR) is 178 cm³/mol. The number of carbonyl (C=O) groups excluding carboxylic acids is 4. The lowest BCUT2D eigenvalue weighted by Gasteiger charge is -2.22. The highest BCUT2D eigenvalue weighted by atomic mass is 32.2. The zero-order valence-electron chi connectivity index (χ0n) is 24.8. The Hall–Kier alpha value is -6.33. The molecule has 10 nitrogen and oxygen atoms in total. The molecule has 0 saturated carbocycles. The summed E-state index contributed by atoms with van der Waals surface area (Å²) in [7, 11) is 0. The fourth-order valence-electron chi connectivity index (χ4n) is 5.38. The summed E-state index contributed by atoms with van der Waals surface area (Å²) in [6.07, 6.45) is 0. The van der Waals surface area contributed by atoms with Crippen molar-refractivity contribution in [2.24, 2.45) is 0 Å². The van der Waals surface area contributed by atoms with E-state index in [-0.39, 0.29) is 45.1 Å². The Bertz CT molecular complexity index is 2160. The van der Waals surface area contributed by atoms with Gasteiger partial charge in [-0.05, 0) is 48.0 Å². The molecule has 0 aliphatic heterocycles. The van der Waals surface area contributed by atoms with Crippen molar-refractivity contribution in [2.75, 3.05) is 10.6 Å². The van der Waals surface area contributed by atoms with Crippen LogP contribution in [0.5, 0.6) is 0 Å². The van der Waals surface area contributed by atoms with Gasteiger partial charge in [-0.15, -0.1) is 11.8 Å². The molecule has 1 aliphatic rings. The molecule has 1 unspecified atom stereocenters. The van der Waals surface area contributed by atoms with Gasteiger partial charge in [-0.25, -0.2) is 9.59 Å². The number of carboxylic acids is 2. The molecular weight excluding hydrogens is 632 g/mol. The van der Waals surface area contributed by atoms with Gasteiger partial charge in [0.15, 0.2) is 11.6 Å². The topological polar surface area (TPSA) is 167 Å². The SMILES string of the molecule is O=C(O)c1ccc(C(=O)Nc2cccc(SC(C(=O)Nc3cccc4c3C(=O)c3ccccc3C4=O)c3ccccc3)c2)c(C(=O)O)c1. The van der Waals surface area contributed by atoms with Crippen LogP contribution >= 0.6 is 11.8 Å². The lowest BCUT2D eigenvalue weighted by molar-refractivity contribution is -0.115. The van der Waals surface area contributed by atoms with E-state index in [9.17, 15) is 39.0 Å². The zero-order chi connectivity index (χ0) is 33.9. The molecule has 4 N–H and O–H groups in total. The molecule has 0 spiro atoms. The van der Waals surface area contributed by atoms with Crippen LogP contribution in [0.15, 0.2) is 120 Å². The quantitative estimate of drug-likeness (QED) is 0.126. The van der Waals surface area contributed by atoms with Crippen LogP contribution in [0.25, 0.3) is 0 Å². The van der Waals surface area contributed by atoms with Gasteiger partial charge in [-0.2, -0.15) is 0 Å². The lowest BCUT2D eigenvalue weighted by atomic mass is 9.83. The summed E-state index contributed by atoms with van der Waals surface area (Å²) in [4.78, 5) is 77.5. The number of carbonyl (C=O) groups is 6. The van der Waals surface area contributed by atoms with E-state index in [2.05, 4.69) is 10.6 Å². The number of benzene rings is 5. The van der Waals surface area contributed by atoms with Crippen molar-refractivity contribution in [3.8, 4) is 0 Å². The van der Waals surface area contributed by atoms with E-state index in [1.54, 1.807) is 91.0 Å². The van der Waals surface area contributed by atoms with E-state index in [1.165, 1.54) is 11.8 Å². The van der Waals surface area contributed by atoms with Crippen LogP contribution in [0.1, 0.15) is 73.7 Å². The maximum absolute atomic E-state index is 14.0. The van der Waals surface area contributed by atoms with Crippen LogP contribution < -0.4 is 10.6 Å². The van der Waals surface area contributed by atoms with Crippen molar-refractivity contribution in [2.45, 2.75) is 10.1 Å². The molecule has 48 heavy (non-hydrogen) atoms. The molecular formula is C37H24N2O8S. The maximum atomic E-state index is 14.0. The van der Waals surface area contributed by atoms with E-state index < -0.39 is 34.6 Å². The van der Waals surface area contributed by atoms with Gasteiger partial charge < -0.3 is 20.8 Å². The van der Waals surface area contributed by atoms with Gasteiger partial charge in [-0.3, -0.25) is 19.2 Å². The number of hydrogen-bond acceptors (Lipinski definition) is 7. The number of thioether (sulfide) groups is 1. The number of anilines is 2. The summed E-state index contributed by atoms with van der Waals surface area (Å²) in [6.45, 7) is 0. The highest BCUT2D eigenvalue weighted by Gasteiger charge is 2.33. The van der Waals surface area contributed by atoms with Gasteiger partial charge in [0.25, 0.3) is 5.91 Å². The number of fused-ring (bicyclic) bond motifs is 2. The maximum Gasteiger partial charge on any atom is 0.336 e. The average Bonchev–Trinajstić information content (AvgIpc) is 3.09. The van der Waals surface area contributed by atoms with Crippen LogP contribution in [0.2, 0.25) is 0 Å². The zero-order valence-corrected chi connectivity index (χ0v) is 25.6. The van der Waals surface area contributed by atoms with Crippen LogP contribution in [0.4, 0.5) is 11.4 Å². The monoisotopic (exact) mass is 656 g/mol. The number of ketones is 2. The molecule has 0 bridgehead atoms. The third-order valence-electron chi connectivity index (χ3n) is 7.64. The van der Waals surface area contributed by atoms with E-state index >= 15 is 0 Å². The number of hydrogen-bond donors (Lipinski definition) is 4. The minimum Gasteiger partial charge on any atom is -0.478 e. The summed E-state index contributed by atoms with van der Waals surface area (Å²) in [6, 6.07) is 30.0. The van der Waals surface area contributed by atoms with Crippen molar-refractivity contribution < 1.29 is 39.0 Å². The molecule has 0 fully saturated rings. The van der Waals surface area contributed by atoms with Crippen LogP contribution in [0.3, 0.4) is 0 Å². The highest BCUT2D eigenvalue weighted by molar-refractivity contribution is 8.00. The summed E-state index contributed by atoms with van der Waals surface area (Å²) in [5, 5.41) is 23.5. The molecule has 11 heteroatoms. The fourth-order valence-corrected chi connectivity index (χ4v) is 6.47. The first-order valence-electron chi connectivity index (χ1n) is 14.5. The van der Waals surface area contributed by atoms with Gasteiger partial charge in [-0.1, -0.05) is 72.8 Å². The van der Waals surface area contributed by atoms with E-state index in [4.69, 9.17) is 0 Å². The molecule has 5 aromatic carbocycles. The molecule has 1 aliphatic carbocycles. The van der Waals surface area contributed by atoms with Crippen molar-refractivity contribution in [3.63, 3.8) is 0 Å². The van der Waals surface area contributed by atoms with E-state index in [0.29, 0.717) is 21.7 Å². The Morgan fingerprint density at radius 1 is 0.604 bits per heavy atom. The summed E-state index contributed by atoms with van der Waals surface area (Å²) < 4.78 is 0. The predicted octanol–water partition coefficient (Wildman–Crippen LogP) is 6.58. The average molecular weight is 657 g/mol. The van der Waals surface area contributed by atoms with Gasteiger partial charge >= 0.3 is 11.9 Å². The third-order valence-corrected chi connectivity index (χ3v) is 8.89. The van der Waals surface area contributed by atoms with Gasteiger partial charge in [0.05, 0.1) is 27.9 Å². The standard InChI is InChI=1S/C37H24N2O8S/c40-31-24-12-4-5-13-25(24)32(41)30-27(31)14-7-15-29(30)39-35(43)33(20-8-2-1-3-9-20)48-23-11-6-10-22(19-23)38-34(42)26-17-16-21(36(44)45)18-28(26)37(46)47/h1-19,33H,(H,38,42)(H,39,43)(H,44,45)(H,46,47). The molecule has 0 radical (unpaired) electrons. The van der Waals surface area contributed by atoms with E-state index in [0.717, 1.165) is 18.2 Å². The Morgan fingerprint density at radius 3 is 1.98 bits per heavy atom. The van der Waals surface area contributed by atoms with Crippen LogP contribution in [-0.2, 0) is 4.79 Å². The molecule has 236 valence electrons. The third kappa shape index (κ3) is 6.22. The first-order chi connectivity index (χ1) is 23.1. The number of carboxylic acid groups (broad SMARTS) is 2. The van der Waals surface area contributed by atoms with Gasteiger partial charge in [0, 0.05) is 27.3 Å². The van der Waals surface area contributed by atoms with E-state index in [1.807, 2.05) is 6.07 Å². The molecule has 0 aromatic heterocycles. The smallest absolute Gasteiger partial charge is 0.336 e. The minimum atomic E-state index is -1.46. The summed E-state index contributed by atoms with van der Waals surface area (Å²) >= 11 is 1.17. The lowest BCUT2D eigenvalue weighted by Crippen LogP contribution is -2.25. The number of rotatable bonds is 9. The summed E-state index contributed by atoms with van der Waals surface area (Å²) in [5.41, 5.74) is 1.07. The van der Waals surface area contributed by atoms with Crippen molar-refractivity contribution in [3.05, 3.63) is 160 Å². The van der Waals surface area contributed by atoms with Crippen molar-refractivity contribution in [1.82, 2.24) is 0 Å². The molecule has 0 saturated heterocycles. The number of aromatic carboxylic acids is 2. The Kier molecular flexibility index (Phi) is 8.69. The largest absolute Gasteiger partial charge is 0.478 e.